The van der Waals surface area contributed by atoms with Crippen LogP contribution in [0, 0.1) is 5.92 Å². The van der Waals surface area contributed by atoms with Crippen LogP contribution in [0.1, 0.15) is 32.1 Å². The van der Waals surface area contributed by atoms with E-state index in [0.29, 0.717) is 18.1 Å². The number of hydrogen-bond donors (Lipinski definition) is 0. The topological polar surface area (TPSA) is 12.5 Å². The number of fused-ring (bicyclic) bond motifs is 5. The van der Waals surface area contributed by atoms with E-state index >= 15 is 0 Å². The molecule has 0 N–H and O–H groups in total. The van der Waals surface area contributed by atoms with Crippen molar-refractivity contribution in [3.05, 3.63) is 23.9 Å². The first-order chi connectivity index (χ1) is 7.92. The lowest BCUT2D eigenvalue weighted by Crippen LogP contribution is -2.34. The third-order valence-corrected chi connectivity index (χ3v) is 4.70. The Morgan fingerprint density at radius 2 is 2.00 bits per heavy atom. The summed E-state index contributed by atoms with van der Waals surface area (Å²) in [5, 5.41) is 0. The highest BCUT2D eigenvalue weighted by Crippen LogP contribution is 2.43. The fourth-order valence-electron chi connectivity index (χ4n) is 3.81. The van der Waals surface area contributed by atoms with Gasteiger partial charge in [-0.25, -0.2) is 0 Å². The molecule has 1 saturated carbocycles. The Morgan fingerprint density at radius 3 is 2.81 bits per heavy atom. The van der Waals surface area contributed by atoms with E-state index in [1.807, 2.05) is 0 Å². The summed E-state index contributed by atoms with van der Waals surface area (Å²) in [4.78, 5) is 2.62. The quantitative estimate of drug-likeness (QED) is 0.626. The average Bonchev–Trinajstić information content (AvgIpc) is 3.02. The molecule has 86 valence electrons. The first-order valence-corrected chi connectivity index (χ1v) is 6.73. The highest BCUT2D eigenvalue weighted by Gasteiger charge is 2.45. The maximum absolute atomic E-state index is 5.87. The molecule has 2 nitrogen and oxygen atoms in total. The number of hydrogen-bond acceptors (Lipinski definition) is 2. The van der Waals surface area contributed by atoms with Gasteiger partial charge >= 0.3 is 0 Å². The van der Waals surface area contributed by atoms with Gasteiger partial charge in [0.15, 0.2) is 0 Å². The Balaban J connectivity index is 1.54. The molecule has 0 aromatic carbocycles. The Hall–Kier alpha value is -0.760. The summed E-state index contributed by atoms with van der Waals surface area (Å²) < 4.78 is 5.87. The van der Waals surface area contributed by atoms with E-state index < -0.39 is 0 Å². The van der Waals surface area contributed by atoms with Crippen LogP contribution in [-0.2, 0) is 4.74 Å². The van der Waals surface area contributed by atoms with Crippen LogP contribution in [0.5, 0.6) is 0 Å². The molecule has 4 aliphatic rings. The number of ether oxygens (including phenoxy) is 1. The Bertz CT molecular complexity index is 354. The van der Waals surface area contributed by atoms with Gasteiger partial charge in [-0.1, -0.05) is 31.4 Å². The van der Waals surface area contributed by atoms with Crippen molar-refractivity contribution in [2.24, 2.45) is 5.92 Å². The molecular weight excluding hydrogens is 198 g/mol. The molecule has 0 aromatic heterocycles. The third kappa shape index (κ3) is 1.22. The second-order valence-electron chi connectivity index (χ2n) is 5.63. The minimum atomic E-state index is 0.323. The molecule has 16 heavy (non-hydrogen) atoms. The lowest BCUT2D eigenvalue weighted by atomic mass is 9.91. The smallest absolute Gasteiger partial charge is 0.0997 e. The fourth-order valence-corrected chi connectivity index (χ4v) is 3.81. The number of rotatable bonds is 1. The minimum absolute atomic E-state index is 0.323. The molecule has 3 heterocycles. The van der Waals surface area contributed by atoms with Crippen LogP contribution in [-0.4, -0.2) is 29.7 Å². The molecule has 2 bridgehead atoms. The second kappa shape index (κ2) is 3.36. The highest BCUT2D eigenvalue weighted by molar-refractivity contribution is 5.35. The molecule has 3 atom stereocenters. The van der Waals surface area contributed by atoms with Crippen LogP contribution in [0.2, 0.25) is 0 Å². The Kier molecular flexibility index (Phi) is 1.95. The Labute approximate surface area is 97.0 Å². The van der Waals surface area contributed by atoms with Gasteiger partial charge < -0.3 is 9.64 Å². The minimum Gasteiger partial charge on any atom is -0.374 e. The summed E-state index contributed by atoms with van der Waals surface area (Å²) in [5.74, 6) is 0.678. The molecule has 0 spiro atoms. The van der Waals surface area contributed by atoms with E-state index in [9.17, 15) is 0 Å². The number of nitrogens with zero attached hydrogens (tertiary/aromatic N) is 1. The summed E-state index contributed by atoms with van der Waals surface area (Å²) in [6.45, 7) is 1.21. The van der Waals surface area contributed by atoms with Crippen LogP contribution >= 0.6 is 0 Å². The highest BCUT2D eigenvalue weighted by atomic mass is 16.5. The van der Waals surface area contributed by atoms with Crippen LogP contribution < -0.4 is 0 Å². The second-order valence-corrected chi connectivity index (χ2v) is 5.63. The standard InChI is InChI=1S/C14H19NO/c1-2-4-10(5-3-1)15-8-11-12(9-15)14-7-6-13(11)16-14/h6-8,10,12-14H,1-5,9H2. The summed E-state index contributed by atoms with van der Waals surface area (Å²) in [5.41, 5.74) is 1.55. The molecule has 1 saturated heterocycles. The van der Waals surface area contributed by atoms with Gasteiger partial charge in [0.05, 0.1) is 12.2 Å². The first kappa shape index (κ1) is 9.29. The van der Waals surface area contributed by atoms with Gasteiger partial charge in [-0.05, 0) is 18.4 Å². The van der Waals surface area contributed by atoms with Crippen LogP contribution in [0.3, 0.4) is 0 Å². The molecule has 3 unspecified atom stereocenters. The zero-order valence-electron chi connectivity index (χ0n) is 9.64. The van der Waals surface area contributed by atoms with Gasteiger partial charge in [0.2, 0.25) is 0 Å². The predicted molar refractivity (Wildman–Crippen MR) is 63.0 cm³/mol. The predicted octanol–water partition coefficient (Wildman–Crippen LogP) is 2.47. The van der Waals surface area contributed by atoms with Gasteiger partial charge in [0.1, 0.15) is 0 Å². The molecule has 4 rings (SSSR count). The Morgan fingerprint density at radius 1 is 1.12 bits per heavy atom. The fraction of sp³-hybridized carbons (Fsp3) is 0.714. The van der Waals surface area contributed by atoms with Gasteiger partial charge in [-0.3, -0.25) is 0 Å². The van der Waals surface area contributed by atoms with Gasteiger partial charge in [-0.2, -0.15) is 0 Å². The van der Waals surface area contributed by atoms with E-state index in [-0.39, 0.29) is 0 Å². The molecular formula is C14H19NO. The van der Waals surface area contributed by atoms with Crippen LogP contribution in [0.4, 0.5) is 0 Å². The first-order valence-electron chi connectivity index (χ1n) is 6.73. The molecule has 2 heteroatoms. The van der Waals surface area contributed by atoms with Crippen molar-refractivity contribution >= 4 is 0 Å². The average molecular weight is 217 g/mol. The van der Waals surface area contributed by atoms with Gasteiger partial charge in [0.25, 0.3) is 0 Å². The normalized spacial score (nSPS) is 41.6. The van der Waals surface area contributed by atoms with Crippen molar-refractivity contribution in [3.63, 3.8) is 0 Å². The molecule has 0 aromatic rings. The summed E-state index contributed by atoms with van der Waals surface area (Å²) in [7, 11) is 0. The summed E-state index contributed by atoms with van der Waals surface area (Å²) in [6.07, 6.45) is 14.7. The van der Waals surface area contributed by atoms with Crippen molar-refractivity contribution < 1.29 is 4.74 Å². The van der Waals surface area contributed by atoms with Crippen molar-refractivity contribution in [1.29, 1.82) is 0 Å². The molecule has 3 aliphatic heterocycles. The van der Waals surface area contributed by atoms with E-state index in [2.05, 4.69) is 23.3 Å². The van der Waals surface area contributed by atoms with E-state index in [1.165, 1.54) is 38.6 Å². The van der Waals surface area contributed by atoms with Crippen LogP contribution in [0.25, 0.3) is 0 Å². The van der Waals surface area contributed by atoms with E-state index in [4.69, 9.17) is 4.74 Å². The van der Waals surface area contributed by atoms with Crippen molar-refractivity contribution in [3.8, 4) is 0 Å². The largest absolute Gasteiger partial charge is 0.374 e. The maximum Gasteiger partial charge on any atom is 0.0997 e. The van der Waals surface area contributed by atoms with Crippen molar-refractivity contribution in [1.82, 2.24) is 4.90 Å². The molecule has 0 radical (unpaired) electrons. The van der Waals surface area contributed by atoms with Crippen molar-refractivity contribution in [2.45, 2.75) is 50.4 Å². The summed E-state index contributed by atoms with van der Waals surface area (Å²) in [6, 6.07) is 0.825. The monoisotopic (exact) mass is 217 g/mol. The van der Waals surface area contributed by atoms with E-state index in [0.717, 1.165) is 6.04 Å². The maximum atomic E-state index is 5.87. The van der Waals surface area contributed by atoms with E-state index in [1.54, 1.807) is 5.57 Å². The van der Waals surface area contributed by atoms with Crippen molar-refractivity contribution in [2.75, 3.05) is 6.54 Å². The molecule has 1 aliphatic carbocycles. The lowest BCUT2D eigenvalue weighted by Gasteiger charge is -2.32. The molecule has 0 amide bonds. The van der Waals surface area contributed by atoms with Gasteiger partial charge in [0, 0.05) is 24.7 Å². The zero-order valence-corrected chi connectivity index (χ0v) is 9.64. The SMILES string of the molecule is C1=CC2OC1C1=CN(C3CCCCC3)CC12. The molecule has 2 fully saturated rings. The summed E-state index contributed by atoms with van der Waals surface area (Å²) >= 11 is 0. The lowest BCUT2D eigenvalue weighted by molar-refractivity contribution is 0.0959. The third-order valence-electron chi connectivity index (χ3n) is 4.70. The zero-order chi connectivity index (χ0) is 10.5. The van der Waals surface area contributed by atoms with Gasteiger partial charge in [-0.15, -0.1) is 0 Å². The van der Waals surface area contributed by atoms with Crippen LogP contribution in [0.15, 0.2) is 23.9 Å².